The van der Waals surface area contributed by atoms with Gasteiger partial charge in [-0.3, -0.25) is 14.4 Å². The molecule has 11 nitrogen and oxygen atoms in total. The third kappa shape index (κ3) is 3.71. The molecule has 0 spiro atoms. The van der Waals surface area contributed by atoms with Crippen LogP contribution in [0.3, 0.4) is 0 Å². The van der Waals surface area contributed by atoms with Gasteiger partial charge in [0, 0.05) is 39.2 Å². The van der Waals surface area contributed by atoms with Crippen LogP contribution in [0, 0.1) is 6.92 Å². The van der Waals surface area contributed by atoms with Crippen LogP contribution in [0.4, 0.5) is 0 Å². The summed E-state index contributed by atoms with van der Waals surface area (Å²) in [7, 11) is 0. The van der Waals surface area contributed by atoms with Gasteiger partial charge in [0.2, 0.25) is 11.7 Å². The molecule has 1 aliphatic heterocycles. The number of nitrogens with one attached hydrogen (secondary N) is 2. The maximum atomic E-state index is 12.4. The van der Waals surface area contributed by atoms with Crippen LogP contribution in [-0.4, -0.2) is 62.2 Å². The third-order valence-electron chi connectivity index (χ3n) is 3.88. The fourth-order valence-electron chi connectivity index (χ4n) is 2.62. The van der Waals surface area contributed by atoms with Crippen molar-refractivity contribution in [2.75, 3.05) is 19.6 Å². The summed E-state index contributed by atoms with van der Waals surface area (Å²) in [4.78, 5) is 37.0. The molecule has 3 heterocycles. The first-order chi connectivity index (χ1) is 12.5. The zero-order valence-corrected chi connectivity index (χ0v) is 14.5. The fourth-order valence-corrected chi connectivity index (χ4v) is 2.62. The van der Waals surface area contributed by atoms with Gasteiger partial charge in [0.05, 0.1) is 6.54 Å². The zero-order chi connectivity index (χ0) is 18.7. The molecule has 1 aliphatic rings. The van der Waals surface area contributed by atoms with Crippen LogP contribution in [0.1, 0.15) is 39.6 Å². The Bertz CT molecular complexity index is 841. The second kappa shape index (κ2) is 7.33. The number of hydrogen-bond donors (Lipinski definition) is 2. The van der Waals surface area contributed by atoms with Gasteiger partial charge in [0.15, 0.2) is 11.5 Å². The predicted octanol–water partition coefficient (Wildman–Crippen LogP) is -0.904. The molecular formula is C15H19N7O4. The first-order valence-corrected chi connectivity index (χ1v) is 8.13. The number of carbonyl (C=O) groups is 3. The van der Waals surface area contributed by atoms with Crippen molar-refractivity contribution in [1.82, 2.24) is 35.5 Å². The minimum atomic E-state index is -0.374. The highest BCUT2D eigenvalue weighted by Crippen LogP contribution is 2.15. The number of fused-ring (bicyclic) bond motifs is 1. The van der Waals surface area contributed by atoms with E-state index in [0.717, 1.165) is 0 Å². The van der Waals surface area contributed by atoms with Crippen LogP contribution in [0.2, 0.25) is 0 Å². The Morgan fingerprint density at radius 2 is 1.96 bits per heavy atom. The van der Waals surface area contributed by atoms with Gasteiger partial charge in [0.25, 0.3) is 11.8 Å². The van der Waals surface area contributed by atoms with E-state index in [1.807, 2.05) is 0 Å². The van der Waals surface area contributed by atoms with Crippen LogP contribution in [0.15, 0.2) is 10.6 Å². The fraction of sp³-hybridized carbons (Fsp3) is 0.467. The standard InChI is InChI=1S/C15H19N7O4/c1-9-7-11(20-26-9)15(25)21-5-6-22-12(8-21)18-19-13(22)14(24)17-4-3-16-10(2)23/h7H,3-6,8H2,1-2H3,(H,16,23)(H,17,24). The molecule has 11 heteroatoms. The molecule has 0 saturated heterocycles. The molecule has 2 N–H and O–H groups in total. The topological polar surface area (TPSA) is 135 Å². The van der Waals surface area contributed by atoms with Crippen molar-refractivity contribution >= 4 is 17.7 Å². The quantitative estimate of drug-likeness (QED) is 0.659. The molecule has 0 unspecified atom stereocenters. The smallest absolute Gasteiger partial charge is 0.289 e. The summed E-state index contributed by atoms with van der Waals surface area (Å²) in [5.41, 5.74) is 0.242. The minimum absolute atomic E-state index is 0.161. The van der Waals surface area contributed by atoms with E-state index in [2.05, 4.69) is 26.0 Å². The van der Waals surface area contributed by atoms with Gasteiger partial charge in [-0.05, 0) is 6.92 Å². The highest BCUT2D eigenvalue weighted by molar-refractivity contribution is 5.92. The van der Waals surface area contributed by atoms with Crippen LogP contribution in [0.25, 0.3) is 0 Å². The van der Waals surface area contributed by atoms with Gasteiger partial charge < -0.3 is 24.6 Å². The Labute approximate surface area is 148 Å². The van der Waals surface area contributed by atoms with Crippen LogP contribution in [0.5, 0.6) is 0 Å². The molecule has 0 bridgehead atoms. The Kier molecular flexibility index (Phi) is 4.96. The first kappa shape index (κ1) is 17.6. The Hall–Kier alpha value is -3.24. The molecule has 0 saturated carbocycles. The van der Waals surface area contributed by atoms with Crippen molar-refractivity contribution in [2.45, 2.75) is 26.9 Å². The lowest BCUT2D eigenvalue weighted by molar-refractivity contribution is -0.118. The average Bonchev–Trinajstić information content (AvgIpc) is 3.23. The van der Waals surface area contributed by atoms with E-state index in [1.165, 1.54) is 6.92 Å². The SMILES string of the molecule is CC(=O)NCCNC(=O)c1nnc2n1CCN(C(=O)c1cc(C)on1)C2. The number of rotatable bonds is 5. The summed E-state index contributed by atoms with van der Waals surface area (Å²) >= 11 is 0. The van der Waals surface area contributed by atoms with E-state index in [-0.39, 0.29) is 42.3 Å². The van der Waals surface area contributed by atoms with Crippen molar-refractivity contribution in [2.24, 2.45) is 0 Å². The van der Waals surface area contributed by atoms with Crippen molar-refractivity contribution in [3.05, 3.63) is 29.2 Å². The molecule has 2 aromatic rings. The first-order valence-electron chi connectivity index (χ1n) is 8.13. The summed E-state index contributed by atoms with van der Waals surface area (Å²) in [6.45, 7) is 4.79. The molecule has 3 amide bonds. The van der Waals surface area contributed by atoms with Gasteiger partial charge in [0.1, 0.15) is 5.76 Å². The Morgan fingerprint density at radius 1 is 1.19 bits per heavy atom. The molecule has 26 heavy (non-hydrogen) atoms. The van der Waals surface area contributed by atoms with E-state index in [9.17, 15) is 14.4 Å². The monoisotopic (exact) mass is 361 g/mol. The van der Waals surface area contributed by atoms with Gasteiger partial charge in [-0.1, -0.05) is 5.16 Å². The molecule has 0 aromatic carbocycles. The average molecular weight is 361 g/mol. The second-order valence-corrected chi connectivity index (χ2v) is 5.88. The summed E-state index contributed by atoms with van der Waals surface area (Å²) in [5, 5.41) is 16.9. The maximum Gasteiger partial charge on any atom is 0.289 e. The molecule has 138 valence electrons. The lowest BCUT2D eigenvalue weighted by atomic mass is 10.3. The van der Waals surface area contributed by atoms with E-state index in [4.69, 9.17) is 4.52 Å². The molecule has 0 fully saturated rings. The van der Waals surface area contributed by atoms with Crippen molar-refractivity contribution in [3.8, 4) is 0 Å². The van der Waals surface area contributed by atoms with Gasteiger partial charge >= 0.3 is 0 Å². The summed E-state index contributed by atoms with van der Waals surface area (Å²) in [6.07, 6.45) is 0. The van der Waals surface area contributed by atoms with E-state index >= 15 is 0 Å². The molecule has 0 aliphatic carbocycles. The molecule has 0 atom stereocenters. The molecule has 0 radical (unpaired) electrons. The Balaban J connectivity index is 1.62. The van der Waals surface area contributed by atoms with Gasteiger partial charge in [-0.15, -0.1) is 10.2 Å². The van der Waals surface area contributed by atoms with Crippen LogP contribution < -0.4 is 10.6 Å². The Morgan fingerprint density at radius 3 is 2.65 bits per heavy atom. The third-order valence-corrected chi connectivity index (χ3v) is 3.88. The number of hydrogen-bond acceptors (Lipinski definition) is 7. The van der Waals surface area contributed by atoms with Crippen molar-refractivity contribution in [3.63, 3.8) is 0 Å². The van der Waals surface area contributed by atoms with Crippen LogP contribution in [-0.2, 0) is 17.9 Å². The van der Waals surface area contributed by atoms with Crippen molar-refractivity contribution in [1.29, 1.82) is 0 Å². The number of carbonyl (C=O) groups excluding carboxylic acids is 3. The van der Waals surface area contributed by atoms with E-state index in [0.29, 0.717) is 31.2 Å². The van der Waals surface area contributed by atoms with Gasteiger partial charge in [-0.2, -0.15) is 0 Å². The van der Waals surface area contributed by atoms with E-state index < -0.39 is 0 Å². The number of aryl methyl sites for hydroxylation is 1. The van der Waals surface area contributed by atoms with E-state index in [1.54, 1.807) is 22.5 Å². The van der Waals surface area contributed by atoms with Gasteiger partial charge in [-0.25, -0.2) is 0 Å². The lowest BCUT2D eigenvalue weighted by Gasteiger charge is -2.26. The largest absolute Gasteiger partial charge is 0.361 e. The van der Waals surface area contributed by atoms with Crippen molar-refractivity contribution < 1.29 is 18.9 Å². The number of aromatic nitrogens is 4. The number of nitrogens with zero attached hydrogens (tertiary/aromatic N) is 5. The maximum absolute atomic E-state index is 12.4. The predicted molar refractivity (Wildman–Crippen MR) is 87.0 cm³/mol. The molecule has 2 aromatic heterocycles. The normalized spacial score (nSPS) is 13.2. The second-order valence-electron chi connectivity index (χ2n) is 5.88. The summed E-state index contributed by atoms with van der Waals surface area (Å²) in [5.74, 6) is 0.486. The lowest BCUT2D eigenvalue weighted by Crippen LogP contribution is -2.40. The molecule has 3 rings (SSSR count). The summed E-state index contributed by atoms with van der Waals surface area (Å²) < 4.78 is 6.62. The highest BCUT2D eigenvalue weighted by Gasteiger charge is 2.28. The highest BCUT2D eigenvalue weighted by atomic mass is 16.5. The molecular weight excluding hydrogens is 342 g/mol. The zero-order valence-electron chi connectivity index (χ0n) is 14.5. The summed E-state index contributed by atoms with van der Waals surface area (Å²) in [6, 6.07) is 1.58. The van der Waals surface area contributed by atoms with Crippen LogP contribution >= 0.6 is 0 Å². The number of amides is 3. The minimum Gasteiger partial charge on any atom is -0.361 e.